The van der Waals surface area contributed by atoms with E-state index < -0.39 is 0 Å². The number of rotatable bonds is 3. The number of nitrogens with one attached hydrogen (secondary N) is 2. The van der Waals surface area contributed by atoms with Crippen LogP contribution in [0.2, 0.25) is 0 Å². The van der Waals surface area contributed by atoms with Gasteiger partial charge in [-0.1, -0.05) is 26.2 Å². The lowest BCUT2D eigenvalue weighted by Crippen LogP contribution is -2.42. The molecule has 1 aliphatic carbocycles. The molecule has 0 bridgehead atoms. The first-order valence-electron chi connectivity index (χ1n) is 7.26. The van der Waals surface area contributed by atoms with Gasteiger partial charge in [0, 0.05) is 13.1 Å². The summed E-state index contributed by atoms with van der Waals surface area (Å²) in [6.45, 7) is 5.17. The van der Waals surface area contributed by atoms with Gasteiger partial charge < -0.3 is 10.6 Å². The molecule has 2 fully saturated rings. The predicted molar refractivity (Wildman–Crippen MR) is 77.0 cm³/mol. The summed E-state index contributed by atoms with van der Waals surface area (Å²) in [5.41, 5.74) is 0. The maximum Gasteiger partial charge on any atom is 0.224 e. The minimum absolute atomic E-state index is 0. The third-order valence-corrected chi connectivity index (χ3v) is 4.50. The van der Waals surface area contributed by atoms with Crippen LogP contribution in [0.1, 0.15) is 45.4 Å². The van der Waals surface area contributed by atoms with E-state index in [-0.39, 0.29) is 24.2 Å². The van der Waals surface area contributed by atoms with Crippen LogP contribution in [0.15, 0.2) is 0 Å². The number of halogens is 1. The van der Waals surface area contributed by atoms with Crippen LogP contribution in [0.4, 0.5) is 0 Å². The first-order chi connectivity index (χ1) is 8.27. The minimum atomic E-state index is 0. The molecule has 1 amide bonds. The average molecular weight is 275 g/mol. The zero-order valence-electron chi connectivity index (χ0n) is 11.4. The van der Waals surface area contributed by atoms with Crippen LogP contribution in [-0.2, 0) is 4.79 Å². The summed E-state index contributed by atoms with van der Waals surface area (Å²) < 4.78 is 0. The molecule has 1 saturated carbocycles. The Morgan fingerprint density at radius 1 is 1.22 bits per heavy atom. The highest BCUT2D eigenvalue weighted by molar-refractivity contribution is 5.85. The summed E-state index contributed by atoms with van der Waals surface area (Å²) in [5, 5.41) is 6.48. The van der Waals surface area contributed by atoms with Crippen molar-refractivity contribution in [1.82, 2.24) is 10.6 Å². The molecular weight excluding hydrogens is 248 g/mol. The van der Waals surface area contributed by atoms with Crippen molar-refractivity contribution >= 4 is 18.3 Å². The van der Waals surface area contributed by atoms with E-state index in [9.17, 15) is 4.79 Å². The van der Waals surface area contributed by atoms with Crippen LogP contribution in [0.5, 0.6) is 0 Å². The Labute approximate surface area is 117 Å². The number of hydrogen-bond donors (Lipinski definition) is 2. The van der Waals surface area contributed by atoms with Crippen LogP contribution in [-0.4, -0.2) is 25.5 Å². The summed E-state index contributed by atoms with van der Waals surface area (Å²) in [7, 11) is 0. The molecule has 0 spiro atoms. The smallest absolute Gasteiger partial charge is 0.224 e. The highest BCUT2D eigenvalue weighted by Gasteiger charge is 2.24. The van der Waals surface area contributed by atoms with E-state index in [4.69, 9.17) is 0 Å². The van der Waals surface area contributed by atoms with Gasteiger partial charge in [-0.15, -0.1) is 12.4 Å². The van der Waals surface area contributed by atoms with Crippen molar-refractivity contribution in [3.05, 3.63) is 0 Å². The van der Waals surface area contributed by atoms with Gasteiger partial charge in [-0.25, -0.2) is 0 Å². The van der Waals surface area contributed by atoms with Gasteiger partial charge in [-0.3, -0.25) is 4.79 Å². The molecular formula is C14H27ClN2O. The Kier molecular flexibility index (Phi) is 7.02. The Hall–Kier alpha value is -0.280. The second-order valence-electron chi connectivity index (χ2n) is 5.81. The second kappa shape index (κ2) is 8.00. The second-order valence-corrected chi connectivity index (χ2v) is 5.81. The molecule has 3 atom stereocenters. The van der Waals surface area contributed by atoms with Crippen molar-refractivity contribution in [1.29, 1.82) is 0 Å². The van der Waals surface area contributed by atoms with E-state index in [0.717, 1.165) is 38.4 Å². The molecule has 2 unspecified atom stereocenters. The molecule has 0 aromatic heterocycles. The van der Waals surface area contributed by atoms with E-state index in [1.54, 1.807) is 0 Å². The predicted octanol–water partition coefficient (Wildman–Crippen LogP) is 2.35. The van der Waals surface area contributed by atoms with Gasteiger partial charge in [-0.05, 0) is 37.6 Å². The van der Waals surface area contributed by atoms with Gasteiger partial charge in [-0.2, -0.15) is 0 Å². The van der Waals surface area contributed by atoms with E-state index in [0.29, 0.717) is 5.92 Å². The molecule has 2 aliphatic rings. The lowest BCUT2D eigenvalue weighted by molar-refractivity contribution is -0.125. The molecule has 2 N–H and O–H groups in total. The lowest BCUT2D eigenvalue weighted by Gasteiger charge is -2.30. The maximum atomic E-state index is 12.0. The lowest BCUT2D eigenvalue weighted by atomic mass is 9.80. The molecule has 1 saturated heterocycles. The van der Waals surface area contributed by atoms with Crippen molar-refractivity contribution in [2.24, 2.45) is 17.8 Å². The van der Waals surface area contributed by atoms with E-state index >= 15 is 0 Å². The standard InChI is InChI=1S/C14H26N2O.ClH/c1-11-5-2-3-6-12(11)10-16-14(17)13-7-4-8-15-9-13;/h11-13,15H,2-10H2,1H3,(H,16,17);1H/t11?,12?,13-;/m1./s1. The van der Waals surface area contributed by atoms with Crippen molar-refractivity contribution in [2.75, 3.05) is 19.6 Å². The van der Waals surface area contributed by atoms with Crippen molar-refractivity contribution in [2.45, 2.75) is 45.4 Å². The third kappa shape index (κ3) is 4.43. The van der Waals surface area contributed by atoms with E-state index in [1.807, 2.05) is 0 Å². The molecule has 3 nitrogen and oxygen atoms in total. The Morgan fingerprint density at radius 2 is 2.00 bits per heavy atom. The third-order valence-electron chi connectivity index (χ3n) is 4.50. The first kappa shape index (κ1) is 15.8. The van der Waals surface area contributed by atoms with Crippen molar-refractivity contribution in [3.63, 3.8) is 0 Å². The van der Waals surface area contributed by atoms with Crippen LogP contribution in [0.3, 0.4) is 0 Å². The number of carbonyl (C=O) groups excluding carboxylic acids is 1. The highest BCUT2D eigenvalue weighted by atomic mass is 35.5. The molecule has 4 heteroatoms. The number of piperidine rings is 1. The number of amides is 1. The first-order valence-corrected chi connectivity index (χ1v) is 7.26. The fourth-order valence-electron chi connectivity index (χ4n) is 3.15. The Bertz CT molecular complexity index is 254. The highest BCUT2D eigenvalue weighted by Crippen LogP contribution is 2.28. The molecule has 2 rings (SSSR count). The summed E-state index contributed by atoms with van der Waals surface area (Å²) in [6.07, 6.45) is 7.54. The van der Waals surface area contributed by atoms with Gasteiger partial charge in [0.1, 0.15) is 0 Å². The number of hydrogen-bond acceptors (Lipinski definition) is 2. The summed E-state index contributed by atoms with van der Waals surface area (Å²) >= 11 is 0. The minimum Gasteiger partial charge on any atom is -0.356 e. The molecule has 0 radical (unpaired) electrons. The monoisotopic (exact) mass is 274 g/mol. The Morgan fingerprint density at radius 3 is 2.67 bits per heavy atom. The largest absolute Gasteiger partial charge is 0.356 e. The van der Waals surface area contributed by atoms with Gasteiger partial charge in [0.25, 0.3) is 0 Å². The fraction of sp³-hybridized carbons (Fsp3) is 0.929. The quantitative estimate of drug-likeness (QED) is 0.830. The van der Waals surface area contributed by atoms with Gasteiger partial charge in [0.2, 0.25) is 5.91 Å². The van der Waals surface area contributed by atoms with Gasteiger partial charge >= 0.3 is 0 Å². The SMILES string of the molecule is CC1CCCCC1CNC(=O)[C@@H]1CCCNC1.Cl. The fourth-order valence-corrected chi connectivity index (χ4v) is 3.15. The zero-order valence-corrected chi connectivity index (χ0v) is 12.2. The summed E-state index contributed by atoms with van der Waals surface area (Å²) in [6, 6.07) is 0. The van der Waals surface area contributed by atoms with E-state index in [2.05, 4.69) is 17.6 Å². The average Bonchev–Trinajstić information content (AvgIpc) is 2.38. The normalized spacial score (nSPS) is 32.4. The maximum absolute atomic E-state index is 12.0. The zero-order chi connectivity index (χ0) is 12.1. The Balaban J connectivity index is 0.00000162. The molecule has 1 heterocycles. The van der Waals surface area contributed by atoms with Gasteiger partial charge in [0.15, 0.2) is 0 Å². The van der Waals surface area contributed by atoms with Crippen molar-refractivity contribution < 1.29 is 4.79 Å². The van der Waals surface area contributed by atoms with Gasteiger partial charge in [0.05, 0.1) is 5.92 Å². The van der Waals surface area contributed by atoms with Crippen molar-refractivity contribution in [3.8, 4) is 0 Å². The molecule has 1 aliphatic heterocycles. The topological polar surface area (TPSA) is 41.1 Å². The van der Waals surface area contributed by atoms with E-state index in [1.165, 1.54) is 25.7 Å². The van der Waals surface area contributed by atoms with Crippen LogP contribution in [0.25, 0.3) is 0 Å². The summed E-state index contributed by atoms with van der Waals surface area (Å²) in [4.78, 5) is 12.0. The summed E-state index contributed by atoms with van der Waals surface area (Å²) in [5.74, 6) is 1.98. The van der Waals surface area contributed by atoms with Crippen LogP contribution >= 0.6 is 12.4 Å². The van der Waals surface area contributed by atoms with Crippen LogP contribution in [0, 0.1) is 17.8 Å². The van der Waals surface area contributed by atoms with Crippen LogP contribution < -0.4 is 10.6 Å². The molecule has 0 aromatic carbocycles. The number of carbonyl (C=O) groups is 1. The molecule has 0 aromatic rings. The molecule has 106 valence electrons. The molecule has 18 heavy (non-hydrogen) atoms.